The molecular formula is C9H13ClNS-. The fourth-order valence-electron chi connectivity index (χ4n) is 1.70. The highest BCUT2D eigenvalue weighted by Gasteiger charge is 2.17. The standard InChI is InChI=1S/C9H13NS.ClH/c1-2-8-7-4-6-11-9(7)3-5-10-8;/h4,6,8,10H,2-3,5H2,1H3;1H/p-1. The van der Waals surface area contributed by atoms with Crippen LogP contribution in [0.5, 0.6) is 0 Å². The SMILES string of the molecule is CCC1NCCc2sccc21.[Cl-]. The molecule has 0 radical (unpaired) electrons. The largest absolute Gasteiger partial charge is 1.00 e. The summed E-state index contributed by atoms with van der Waals surface area (Å²) in [5.74, 6) is 0. The summed E-state index contributed by atoms with van der Waals surface area (Å²) in [6, 6.07) is 2.89. The van der Waals surface area contributed by atoms with E-state index in [9.17, 15) is 0 Å². The molecule has 1 unspecified atom stereocenters. The van der Waals surface area contributed by atoms with E-state index in [2.05, 4.69) is 23.7 Å². The number of rotatable bonds is 1. The molecule has 2 heterocycles. The number of hydrogen-bond acceptors (Lipinski definition) is 2. The average Bonchev–Trinajstić information content (AvgIpc) is 2.50. The molecule has 1 atom stereocenters. The van der Waals surface area contributed by atoms with Gasteiger partial charge in [-0.2, -0.15) is 0 Å². The molecular weight excluding hydrogens is 190 g/mol. The molecule has 0 aliphatic carbocycles. The number of fused-ring (bicyclic) bond motifs is 1. The van der Waals surface area contributed by atoms with Gasteiger partial charge in [0.15, 0.2) is 0 Å². The Morgan fingerprint density at radius 2 is 2.50 bits per heavy atom. The molecule has 0 saturated carbocycles. The summed E-state index contributed by atoms with van der Waals surface area (Å²) in [4.78, 5) is 1.59. The van der Waals surface area contributed by atoms with E-state index in [1.54, 1.807) is 10.4 Å². The van der Waals surface area contributed by atoms with Crippen LogP contribution in [0.2, 0.25) is 0 Å². The van der Waals surface area contributed by atoms with E-state index in [1.807, 2.05) is 11.3 Å². The molecule has 2 rings (SSSR count). The Kier molecular flexibility index (Phi) is 3.56. The lowest BCUT2D eigenvalue weighted by molar-refractivity contribution is -0.00000226. The summed E-state index contributed by atoms with van der Waals surface area (Å²) in [5, 5.41) is 5.73. The summed E-state index contributed by atoms with van der Waals surface area (Å²) >= 11 is 1.90. The quantitative estimate of drug-likeness (QED) is 0.639. The second-order valence-corrected chi connectivity index (χ2v) is 3.96. The van der Waals surface area contributed by atoms with Crippen LogP contribution in [0.1, 0.15) is 29.8 Å². The van der Waals surface area contributed by atoms with Gasteiger partial charge in [0.25, 0.3) is 0 Å². The predicted octanol–water partition coefficient (Wildman–Crippen LogP) is -0.651. The molecule has 0 saturated heterocycles. The zero-order valence-corrected chi connectivity index (χ0v) is 8.71. The average molecular weight is 203 g/mol. The first-order valence-corrected chi connectivity index (χ1v) is 5.09. The molecule has 1 aliphatic rings. The monoisotopic (exact) mass is 202 g/mol. The molecule has 1 nitrogen and oxygen atoms in total. The third kappa shape index (κ3) is 1.65. The van der Waals surface area contributed by atoms with E-state index in [1.165, 1.54) is 12.8 Å². The molecule has 1 aromatic heterocycles. The van der Waals surface area contributed by atoms with Crippen LogP contribution in [0.25, 0.3) is 0 Å². The maximum absolute atomic E-state index is 3.52. The highest BCUT2D eigenvalue weighted by atomic mass is 35.5. The molecule has 68 valence electrons. The smallest absolute Gasteiger partial charge is 0.0328 e. The molecule has 12 heavy (non-hydrogen) atoms. The lowest BCUT2D eigenvalue weighted by Gasteiger charge is -2.22. The lowest BCUT2D eigenvalue weighted by atomic mass is 10.0. The van der Waals surface area contributed by atoms with Gasteiger partial charge in [0.1, 0.15) is 0 Å². The Morgan fingerprint density at radius 1 is 1.67 bits per heavy atom. The molecule has 1 aliphatic heterocycles. The van der Waals surface area contributed by atoms with Crippen molar-refractivity contribution < 1.29 is 12.4 Å². The van der Waals surface area contributed by atoms with Crippen LogP contribution in [-0.2, 0) is 6.42 Å². The predicted molar refractivity (Wildman–Crippen MR) is 49.1 cm³/mol. The van der Waals surface area contributed by atoms with Crippen molar-refractivity contribution in [3.63, 3.8) is 0 Å². The Balaban J connectivity index is 0.000000720. The first kappa shape index (κ1) is 10.0. The van der Waals surface area contributed by atoms with Gasteiger partial charge in [-0.1, -0.05) is 6.92 Å². The highest BCUT2D eigenvalue weighted by molar-refractivity contribution is 7.10. The first-order chi connectivity index (χ1) is 5.42. The van der Waals surface area contributed by atoms with Crippen molar-refractivity contribution in [3.05, 3.63) is 21.9 Å². The van der Waals surface area contributed by atoms with E-state index < -0.39 is 0 Å². The zero-order chi connectivity index (χ0) is 7.68. The van der Waals surface area contributed by atoms with Crippen molar-refractivity contribution >= 4 is 11.3 Å². The van der Waals surface area contributed by atoms with Crippen molar-refractivity contribution in [1.29, 1.82) is 0 Å². The van der Waals surface area contributed by atoms with E-state index in [-0.39, 0.29) is 12.4 Å². The maximum Gasteiger partial charge on any atom is 0.0328 e. The van der Waals surface area contributed by atoms with Crippen molar-refractivity contribution in [2.45, 2.75) is 25.8 Å². The van der Waals surface area contributed by atoms with Gasteiger partial charge in [-0.25, -0.2) is 0 Å². The van der Waals surface area contributed by atoms with Crippen molar-refractivity contribution in [1.82, 2.24) is 5.32 Å². The third-order valence-corrected chi connectivity index (χ3v) is 3.30. The minimum absolute atomic E-state index is 0. The van der Waals surface area contributed by atoms with Crippen LogP contribution >= 0.6 is 11.3 Å². The van der Waals surface area contributed by atoms with Crippen LogP contribution in [0.4, 0.5) is 0 Å². The second kappa shape index (κ2) is 4.26. The summed E-state index contributed by atoms with van der Waals surface area (Å²) in [7, 11) is 0. The minimum Gasteiger partial charge on any atom is -1.00 e. The van der Waals surface area contributed by atoms with Crippen LogP contribution in [0, 0.1) is 0 Å². The maximum atomic E-state index is 3.52. The van der Waals surface area contributed by atoms with Gasteiger partial charge in [-0.05, 0) is 29.9 Å². The second-order valence-electron chi connectivity index (χ2n) is 2.96. The Bertz CT molecular complexity index is 246. The number of nitrogens with one attached hydrogen (secondary N) is 1. The fourth-order valence-corrected chi connectivity index (χ4v) is 2.64. The van der Waals surface area contributed by atoms with E-state index in [0.717, 1.165) is 6.54 Å². The van der Waals surface area contributed by atoms with Crippen molar-refractivity contribution in [2.75, 3.05) is 6.54 Å². The van der Waals surface area contributed by atoms with Crippen LogP contribution in [0.3, 0.4) is 0 Å². The fraction of sp³-hybridized carbons (Fsp3) is 0.556. The Morgan fingerprint density at radius 3 is 3.25 bits per heavy atom. The van der Waals surface area contributed by atoms with E-state index >= 15 is 0 Å². The topological polar surface area (TPSA) is 12.0 Å². The number of halogens is 1. The van der Waals surface area contributed by atoms with E-state index in [0.29, 0.717) is 6.04 Å². The van der Waals surface area contributed by atoms with Gasteiger partial charge in [-0.15, -0.1) is 11.3 Å². The molecule has 3 heteroatoms. The van der Waals surface area contributed by atoms with Crippen molar-refractivity contribution in [3.8, 4) is 0 Å². The molecule has 1 N–H and O–H groups in total. The third-order valence-electron chi connectivity index (χ3n) is 2.31. The summed E-state index contributed by atoms with van der Waals surface area (Å²) in [6.45, 7) is 3.40. The summed E-state index contributed by atoms with van der Waals surface area (Å²) in [6.07, 6.45) is 2.44. The van der Waals surface area contributed by atoms with Crippen LogP contribution < -0.4 is 17.7 Å². The summed E-state index contributed by atoms with van der Waals surface area (Å²) < 4.78 is 0. The van der Waals surface area contributed by atoms with Gasteiger partial charge in [0.05, 0.1) is 0 Å². The lowest BCUT2D eigenvalue weighted by Crippen LogP contribution is -3.00. The zero-order valence-electron chi connectivity index (χ0n) is 7.14. The molecule has 0 amide bonds. The minimum atomic E-state index is 0. The molecule has 0 fully saturated rings. The Labute approximate surface area is 83.6 Å². The normalized spacial score (nSPS) is 21.2. The van der Waals surface area contributed by atoms with Crippen molar-refractivity contribution in [2.24, 2.45) is 0 Å². The number of hydrogen-bond donors (Lipinski definition) is 1. The molecule has 0 bridgehead atoms. The molecule has 0 aromatic carbocycles. The number of thiophene rings is 1. The van der Waals surface area contributed by atoms with Gasteiger partial charge in [0.2, 0.25) is 0 Å². The molecule has 1 aromatic rings. The van der Waals surface area contributed by atoms with Gasteiger partial charge in [0, 0.05) is 17.5 Å². The van der Waals surface area contributed by atoms with Gasteiger partial charge >= 0.3 is 0 Å². The highest BCUT2D eigenvalue weighted by Crippen LogP contribution is 2.28. The van der Waals surface area contributed by atoms with Gasteiger partial charge < -0.3 is 17.7 Å². The summed E-state index contributed by atoms with van der Waals surface area (Å²) in [5.41, 5.74) is 1.55. The van der Waals surface area contributed by atoms with Crippen LogP contribution in [-0.4, -0.2) is 6.54 Å². The Hall–Kier alpha value is -0.0500. The molecule has 0 spiro atoms. The van der Waals surface area contributed by atoms with Gasteiger partial charge in [-0.3, -0.25) is 0 Å². The first-order valence-electron chi connectivity index (χ1n) is 4.21. The van der Waals surface area contributed by atoms with Crippen LogP contribution in [0.15, 0.2) is 11.4 Å². The van der Waals surface area contributed by atoms with E-state index in [4.69, 9.17) is 0 Å².